The van der Waals surface area contributed by atoms with Gasteiger partial charge in [-0.25, -0.2) is 8.78 Å². The Labute approximate surface area is 267 Å². The first-order valence-electron chi connectivity index (χ1n) is 16.1. The van der Waals surface area contributed by atoms with Gasteiger partial charge in [0.15, 0.2) is 29.1 Å². The highest BCUT2D eigenvalue weighted by atomic mass is 19.1. The van der Waals surface area contributed by atoms with Crippen LogP contribution in [0, 0.1) is 29.6 Å². The molecule has 7 nitrogen and oxygen atoms in total. The quantitative estimate of drug-likeness (QED) is 0.398. The van der Waals surface area contributed by atoms with E-state index in [4.69, 9.17) is 9.47 Å². The van der Waals surface area contributed by atoms with Crippen LogP contribution in [-0.2, 0) is 25.5 Å². The fourth-order valence-electron chi connectivity index (χ4n) is 9.86. The molecule has 2 aromatic carbocycles. The van der Waals surface area contributed by atoms with Crippen molar-refractivity contribution in [1.29, 1.82) is 0 Å². The molecule has 46 heavy (non-hydrogen) atoms. The summed E-state index contributed by atoms with van der Waals surface area (Å²) in [5.74, 6) is -2.58. The van der Waals surface area contributed by atoms with E-state index in [-0.39, 0.29) is 24.8 Å². The third-order valence-corrected chi connectivity index (χ3v) is 12.1. The third kappa shape index (κ3) is 4.07. The van der Waals surface area contributed by atoms with E-state index in [9.17, 15) is 19.8 Å². The zero-order chi connectivity index (χ0) is 32.8. The van der Waals surface area contributed by atoms with Crippen molar-refractivity contribution in [3.05, 3.63) is 88.5 Å². The summed E-state index contributed by atoms with van der Waals surface area (Å²) >= 11 is 0. The van der Waals surface area contributed by atoms with Crippen LogP contribution in [0.15, 0.2) is 66.3 Å². The van der Waals surface area contributed by atoms with E-state index >= 15 is 8.78 Å². The summed E-state index contributed by atoms with van der Waals surface area (Å²) in [5, 5.41) is 25.1. The first-order chi connectivity index (χ1) is 21.8. The van der Waals surface area contributed by atoms with Crippen molar-refractivity contribution in [1.82, 2.24) is 0 Å². The van der Waals surface area contributed by atoms with Gasteiger partial charge in [0.05, 0.1) is 12.2 Å². The van der Waals surface area contributed by atoms with Gasteiger partial charge in [0, 0.05) is 35.0 Å². The van der Waals surface area contributed by atoms with Crippen LogP contribution < -0.4 is 5.32 Å². The molecular formula is C37H41F2NO6. The summed E-state index contributed by atoms with van der Waals surface area (Å²) in [6.07, 6.45) is -0.612. The standard InChI is InChI=1S/C37H41F2NO6/c1-20-13-22(7-10-29(20)40-4)14-21-5-8-23(9-6-21)33-45-32-17-25-26-16-28(38)27-15-24(42)11-12-34(27,2)36(26,39)30(43)18-35(25,3)37(32,46-33)31(44)19-41/h5-13,15,25-26,28,30,32-33,40-41,43H,14,16-19H2,1-4H3/t25-,26-,28-,30-,32+,33-,34-,35-,36-,37+/m0/s1. The van der Waals surface area contributed by atoms with E-state index in [0.29, 0.717) is 5.56 Å². The number of aryl methyl sites for hydroxylation is 1. The average Bonchev–Trinajstić information content (AvgIpc) is 3.53. The number of nitrogens with one attached hydrogen (secondary N) is 1. The van der Waals surface area contributed by atoms with Crippen LogP contribution in [0.1, 0.15) is 61.7 Å². The molecule has 0 unspecified atom stereocenters. The minimum atomic E-state index is -2.29. The predicted molar refractivity (Wildman–Crippen MR) is 168 cm³/mol. The molecule has 7 rings (SSSR count). The molecule has 3 saturated carbocycles. The SMILES string of the molecule is CNc1ccc(Cc2ccc([C@H]3O[C@@H]4C[C@H]5[C@@H]6C[C@H](F)C7=CC(=O)C=C[C@]7(C)[C@@]6(F)[C@@H](O)C[C@]5(C)[C@]4(C(=O)CO)O3)cc2)cc1C. The number of fused-ring (bicyclic) bond motifs is 7. The molecule has 1 heterocycles. The molecule has 0 amide bonds. The van der Waals surface area contributed by atoms with Crippen molar-refractivity contribution >= 4 is 17.3 Å². The van der Waals surface area contributed by atoms with Crippen molar-refractivity contribution in [3.8, 4) is 0 Å². The molecule has 244 valence electrons. The van der Waals surface area contributed by atoms with Crippen LogP contribution in [0.2, 0.25) is 0 Å². The number of ketones is 2. The van der Waals surface area contributed by atoms with Gasteiger partial charge in [-0.15, -0.1) is 0 Å². The number of halogens is 2. The van der Waals surface area contributed by atoms with Crippen molar-refractivity contribution in [2.75, 3.05) is 19.0 Å². The summed E-state index contributed by atoms with van der Waals surface area (Å²) in [5.41, 5.74) is -1.41. The van der Waals surface area contributed by atoms with Gasteiger partial charge in [-0.05, 0) is 85.9 Å². The van der Waals surface area contributed by atoms with Gasteiger partial charge in [-0.2, -0.15) is 0 Å². The normalized spacial score (nSPS) is 40.9. The van der Waals surface area contributed by atoms with Crippen LogP contribution in [-0.4, -0.2) is 65.1 Å². The first kappa shape index (κ1) is 31.4. The Hall–Kier alpha value is -3.24. The largest absolute Gasteiger partial charge is 0.390 e. The van der Waals surface area contributed by atoms with Gasteiger partial charge < -0.3 is 25.0 Å². The summed E-state index contributed by atoms with van der Waals surface area (Å²) < 4.78 is 46.4. The number of carbonyl (C=O) groups excluding carboxylic acids is 2. The van der Waals surface area contributed by atoms with Crippen molar-refractivity contribution < 1.29 is 38.1 Å². The Morgan fingerprint density at radius 1 is 1.09 bits per heavy atom. The number of allylic oxidation sites excluding steroid dienone is 4. The van der Waals surface area contributed by atoms with Gasteiger partial charge in [-0.3, -0.25) is 9.59 Å². The molecule has 1 saturated heterocycles. The highest BCUT2D eigenvalue weighted by molar-refractivity contribution is 6.01. The molecular weight excluding hydrogens is 592 g/mol. The molecule has 10 atom stereocenters. The molecule has 0 aromatic heterocycles. The lowest BCUT2D eigenvalue weighted by molar-refractivity contribution is -0.235. The molecule has 0 spiro atoms. The molecule has 2 aromatic rings. The Kier molecular flexibility index (Phi) is 7.25. The van der Waals surface area contributed by atoms with Gasteiger partial charge in [0.1, 0.15) is 12.8 Å². The van der Waals surface area contributed by atoms with E-state index in [1.54, 1.807) is 13.8 Å². The maximum Gasteiger partial charge on any atom is 0.193 e. The van der Waals surface area contributed by atoms with Gasteiger partial charge in [0.2, 0.25) is 0 Å². The van der Waals surface area contributed by atoms with E-state index in [1.807, 2.05) is 31.3 Å². The summed E-state index contributed by atoms with van der Waals surface area (Å²) in [6, 6.07) is 14.1. The number of ether oxygens (including phenoxy) is 2. The van der Waals surface area contributed by atoms with Gasteiger partial charge >= 0.3 is 0 Å². The van der Waals surface area contributed by atoms with E-state index in [0.717, 1.165) is 29.3 Å². The van der Waals surface area contributed by atoms with E-state index < -0.39 is 76.8 Å². The highest BCUT2D eigenvalue weighted by Gasteiger charge is 2.80. The maximum absolute atomic E-state index is 17.6. The minimum absolute atomic E-state index is 0.0434. The Balaban J connectivity index is 1.19. The molecule has 4 aliphatic carbocycles. The topological polar surface area (TPSA) is 105 Å². The lowest BCUT2D eigenvalue weighted by atomic mass is 9.44. The first-order valence-corrected chi connectivity index (χ1v) is 16.1. The molecule has 1 aliphatic heterocycles. The zero-order valence-corrected chi connectivity index (χ0v) is 26.6. The van der Waals surface area contributed by atoms with Crippen LogP contribution in [0.3, 0.4) is 0 Å². The number of Topliss-reactive ketones (excluding diaryl/α,β-unsaturated/α-hetero) is 1. The van der Waals surface area contributed by atoms with E-state index in [2.05, 4.69) is 30.4 Å². The molecule has 5 aliphatic rings. The Bertz CT molecular complexity index is 1660. The number of rotatable bonds is 6. The van der Waals surface area contributed by atoms with Gasteiger partial charge in [0.25, 0.3) is 0 Å². The molecule has 0 radical (unpaired) electrons. The number of benzene rings is 2. The summed E-state index contributed by atoms with van der Waals surface area (Å²) in [7, 11) is 1.90. The smallest absolute Gasteiger partial charge is 0.193 e. The number of anilines is 1. The maximum atomic E-state index is 17.6. The van der Waals surface area contributed by atoms with Crippen LogP contribution >= 0.6 is 0 Å². The predicted octanol–water partition coefficient (Wildman–Crippen LogP) is 5.27. The number of carbonyl (C=O) groups is 2. The lowest BCUT2D eigenvalue weighted by Crippen LogP contribution is -2.70. The number of aliphatic hydroxyl groups is 2. The van der Waals surface area contributed by atoms with Crippen LogP contribution in [0.25, 0.3) is 0 Å². The number of aliphatic hydroxyl groups excluding tert-OH is 2. The fourth-order valence-corrected chi connectivity index (χ4v) is 9.86. The van der Waals surface area contributed by atoms with Crippen LogP contribution in [0.4, 0.5) is 14.5 Å². The number of alkyl halides is 2. The molecule has 4 fully saturated rings. The number of hydrogen-bond donors (Lipinski definition) is 3. The van der Waals surface area contributed by atoms with Crippen LogP contribution in [0.5, 0.6) is 0 Å². The Morgan fingerprint density at radius 3 is 2.48 bits per heavy atom. The minimum Gasteiger partial charge on any atom is -0.390 e. The monoisotopic (exact) mass is 633 g/mol. The summed E-state index contributed by atoms with van der Waals surface area (Å²) in [6.45, 7) is 4.57. The second kappa shape index (κ2) is 10.6. The third-order valence-electron chi connectivity index (χ3n) is 12.1. The Morgan fingerprint density at radius 2 is 1.80 bits per heavy atom. The number of hydrogen-bond acceptors (Lipinski definition) is 7. The lowest BCUT2D eigenvalue weighted by Gasteiger charge is -2.63. The van der Waals surface area contributed by atoms with E-state index in [1.165, 1.54) is 17.7 Å². The second-order valence-corrected chi connectivity index (χ2v) is 14.3. The second-order valence-electron chi connectivity index (χ2n) is 14.3. The molecule has 0 bridgehead atoms. The van der Waals surface area contributed by atoms with Crippen molar-refractivity contribution in [3.63, 3.8) is 0 Å². The molecule has 3 N–H and O–H groups in total. The van der Waals surface area contributed by atoms with Gasteiger partial charge in [-0.1, -0.05) is 49.4 Å². The highest BCUT2D eigenvalue weighted by Crippen LogP contribution is 2.72. The fraction of sp³-hybridized carbons (Fsp3) is 0.514. The van der Waals surface area contributed by atoms with Crippen molar-refractivity contribution in [2.45, 2.75) is 82.4 Å². The zero-order valence-electron chi connectivity index (χ0n) is 26.6. The summed E-state index contributed by atoms with van der Waals surface area (Å²) in [4.78, 5) is 25.9. The molecule has 9 heteroatoms. The van der Waals surface area contributed by atoms with Crippen molar-refractivity contribution in [2.24, 2.45) is 22.7 Å². The average molecular weight is 634 g/mol.